The summed E-state index contributed by atoms with van der Waals surface area (Å²) in [5.41, 5.74) is -29.1. The fourth-order valence-electron chi connectivity index (χ4n) is 7.48. The van der Waals surface area contributed by atoms with Crippen LogP contribution < -0.4 is 26.4 Å². The Morgan fingerprint density at radius 2 is 0.549 bits per heavy atom. The molecule has 0 saturated heterocycles. The SMILES string of the molecule is FC(F)(F)c1cc([B-](c2cc(C(F)(F)F)cc(C(F)(F)F)c2)(c2cc(C(F)(F)F)cc(C(F)(F)F)c2)c2cc(C(F)(F)F)cc(C(F)(F)F)c2)cc(C(F)(F)F)c1.Oc1cccc(C[n+]2ccccc2)c1. The third-order valence-electron chi connectivity index (χ3n) is 10.5. The Morgan fingerprint density at radius 1 is 0.310 bits per heavy atom. The molecule has 1 N–H and O–H groups in total. The van der Waals surface area contributed by atoms with Gasteiger partial charge in [0.15, 0.2) is 18.9 Å². The summed E-state index contributed by atoms with van der Waals surface area (Å²) in [6, 6.07) is 4.47. The highest BCUT2D eigenvalue weighted by molar-refractivity contribution is 7.20. The van der Waals surface area contributed by atoms with Gasteiger partial charge in [-0.2, -0.15) is 127 Å². The minimum atomic E-state index is -6.13. The van der Waals surface area contributed by atoms with Gasteiger partial charge in [0.1, 0.15) is 11.9 Å². The minimum Gasteiger partial charge on any atom is -0.508 e. The van der Waals surface area contributed by atoms with Crippen LogP contribution in [0.25, 0.3) is 0 Å². The maximum absolute atomic E-state index is 14.2. The van der Waals surface area contributed by atoms with Gasteiger partial charge < -0.3 is 5.11 Å². The van der Waals surface area contributed by atoms with Crippen molar-refractivity contribution < 1.29 is 115 Å². The zero-order valence-corrected chi connectivity index (χ0v) is 34.4. The Kier molecular flexibility index (Phi) is 14.7. The summed E-state index contributed by atoms with van der Waals surface area (Å²) in [7, 11) is 0. The average molecular weight is 1050 g/mol. The van der Waals surface area contributed by atoms with E-state index in [-0.39, 0.29) is 0 Å². The van der Waals surface area contributed by atoms with E-state index in [0.29, 0.717) is 5.75 Å². The molecule has 6 rings (SSSR count). The second kappa shape index (κ2) is 18.9. The van der Waals surface area contributed by atoms with Gasteiger partial charge in [0.25, 0.3) is 0 Å². The zero-order chi connectivity index (χ0) is 53.7. The number of pyridine rings is 1. The molecule has 0 saturated carbocycles. The fraction of sp³-hybridized carbons (Fsp3) is 0.205. The maximum atomic E-state index is 14.2. The Hall–Kier alpha value is -6.57. The van der Waals surface area contributed by atoms with Crippen LogP contribution >= 0.6 is 0 Å². The van der Waals surface area contributed by atoms with E-state index >= 15 is 0 Å². The monoisotopic (exact) mass is 1050 g/mol. The topological polar surface area (TPSA) is 24.1 Å². The summed E-state index contributed by atoms with van der Waals surface area (Å²) in [5, 5.41) is 9.28. The molecule has 0 bridgehead atoms. The van der Waals surface area contributed by atoms with Crippen molar-refractivity contribution in [3.05, 3.63) is 178 Å². The highest BCUT2D eigenvalue weighted by Crippen LogP contribution is 2.41. The molecule has 0 atom stereocenters. The number of halogens is 24. The van der Waals surface area contributed by atoms with Crippen LogP contribution in [0.4, 0.5) is 105 Å². The number of hydrogen-bond acceptors (Lipinski definition) is 1. The zero-order valence-electron chi connectivity index (χ0n) is 34.4. The van der Waals surface area contributed by atoms with E-state index in [9.17, 15) is 110 Å². The van der Waals surface area contributed by atoms with Crippen molar-refractivity contribution in [1.29, 1.82) is 0 Å². The largest absolute Gasteiger partial charge is 0.508 e. The van der Waals surface area contributed by atoms with Gasteiger partial charge in [-0.1, -0.05) is 66.7 Å². The van der Waals surface area contributed by atoms with E-state index in [2.05, 4.69) is 4.57 Å². The number of aromatic nitrogens is 1. The summed E-state index contributed by atoms with van der Waals surface area (Å²) < 4.78 is 343. The number of rotatable bonds is 6. The molecule has 5 aromatic carbocycles. The summed E-state index contributed by atoms with van der Waals surface area (Å²) in [6.07, 6.45) is -50.8. The second-order valence-corrected chi connectivity index (χ2v) is 15.4. The van der Waals surface area contributed by atoms with Gasteiger partial charge in [0.2, 0.25) is 0 Å². The number of hydrogen-bond donors (Lipinski definition) is 1. The molecule has 0 fully saturated rings. The summed E-state index contributed by atoms with van der Waals surface area (Å²) in [4.78, 5) is 0. The molecule has 0 spiro atoms. The molecule has 0 amide bonds. The number of phenolic OH excluding ortho intramolecular Hbond substituents is 1. The first kappa shape index (κ1) is 55.4. The smallest absolute Gasteiger partial charge is 0.416 e. The van der Waals surface area contributed by atoms with Crippen molar-refractivity contribution >= 4 is 28.0 Å². The van der Waals surface area contributed by atoms with E-state index in [1.807, 2.05) is 42.7 Å². The molecule has 382 valence electrons. The predicted octanol–water partition coefficient (Wildman–Crippen LogP) is 12.9. The third kappa shape index (κ3) is 13.1. The van der Waals surface area contributed by atoms with Crippen LogP contribution in [0.3, 0.4) is 0 Å². The Balaban J connectivity index is 0.000000569. The van der Waals surface area contributed by atoms with Crippen LogP contribution in [0.2, 0.25) is 0 Å². The van der Waals surface area contributed by atoms with Crippen molar-refractivity contribution in [1.82, 2.24) is 0 Å². The quantitative estimate of drug-likeness (QED) is 0.100. The number of benzene rings is 5. The van der Waals surface area contributed by atoms with Gasteiger partial charge in [-0.15, -0.1) is 0 Å². The van der Waals surface area contributed by atoms with Crippen molar-refractivity contribution in [3.8, 4) is 5.75 Å². The lowest BCUT2D eigenvalue weighted by molar-refractivity contribution is -0.688. The van der Waals surface area contributed by atoms with Crippen molar-refractivity contribution in [2.75, 3.05) is 0 Å². The lowest BCUT2D eigenvalue weighted by Crippen LogP contribution is -2.75. The highest BCUT2D eigenvalue weighted by atomic mass is 19.4. The predicted molar refractivity (Wildman–Crippen MR) is 204 cm³/mol. The first-order valence-electron chi connectivity index (χ1n) is 19.2. The summed E-state index contributed by atoms with van der Waals surface area (Å²) >= 11 is 0. The molecular formula is C44H24BF24NO. The van der Waals surface area contributed by atoms with Crippen LogP contribution in [0.5, 0.6) is 5.75 Å². The molecule has 71 heavy (non-hydrogen) atoms. The standard InChI is InChI=1S/C32H12BF24.C12H11NO/c34-25(35,36)13-1-14(26(37,38)39)6-21(5-13)33(22-7-15(27(40,41)42)2-16(8-22)28(43,44)45,23-9-17(29(46,47)48)3-18(10-23)30(49,50)51)24-11-19(31(52,53)54)4-20(12-24)32(55,56)57;14-12-6-4-5-11(9-12)10-13-7-2-1-3-8-13/h1-12H;1-9H,10H2/q-1;/p+1. The van der Waals surface area contributed by atoms with E-state index < -0.39 is 195 Å². The van der Waals surface area contributed by atoms with Crippen molar-refractivity contribution in [2.45, 2.75) is 56.0 Å². The molecular weight excluding hydrogens is 1030 g/mol. The Morgan fingerprint density at radius 3 is 0.761 bits per heavy atom. The average Bonchev–Trinajstić information content (AvgIpc) is 3.22. The molecule has 0 aliphatic carbocycles. The van der Waals surface area contributed by atoms with Crippen LogP contribution in [-0.2, 0) is 56.0 Å². The number of aromatic hydroxyl groups is 1. The Labute approximate surface area is 382 Å². The number of nitrogens with zero attached hydrogens (tertiary/aromatic N) is 1. The molecule has 6 aromatic rings. The maximum Gasteiger partial charge on any atom is 0.416 e. The fourth-order valence-corrected chi connectivity index (χ4v) is 7.48. The van der Waals surface area contributed by atoms with Gasteiger partial charge in [-0.25, -0.2) is 4.57 Å². The molecule has 0 aliphatic rings. The lowest BCUT2D eigenvalue weighted by Gasteiger charge is -2.46. The lowest BCUT2D eigenvalue weighted by atomic mass is 9.12. The van der Waals surface area contributed by atoms with Gasteiger partial charge in [0, 0.05) is 17.7 Å². The van der Waals surface area contributed by atoms with Gasteiger partial charge in [-0.3, -0.25) is 0 Å². The second-order valence-electron chi connectivity index (χ2n) is 15.4. The first-order valence-corrected chi connectivity index (χ1v) is 19.2. The van der Waals surface area contributed by atoms with Crippen LogP contribution in [0.1, 0.15) is 50.1 Å². The minimum absolute atomic E-state index is 0.319. The Bertz CT molecular complexity index is 2410. The molecule has 1 heterocycles. The molecule has 0 aliphatic heterocycles. The van der Waals surface area contributed by atoms with Crippen molar-refractivity contribution in [3.63, 3.8) is 0 Å². The number of phenols is 1. The molecule has 0 unspecified atom stereocenters. The first-order chi connectivity index (χ1) is 32.1. The summed E-state index contributed by atoms with van der Waals surface area (Å²) in [5.74, 6) is 0.319. The van der Waals surface area contributed by atoms with Gasteiger partial charge in [-0.05, 0) is 36.4 Å². The van der Waals surface area contributed by atoms with Crippen LogP contribution in [-0.4, -0.2) is 11.3 Å². The highest BCUT2D eigenvalue weighted by Gasteiger charge is 2.47. The summed E-state index contributed by atoms with van der Waals surface area (Å²) in [6.45, 7) is 0.787. The van der Waals surface area contributed by atoms with E-state index in [4.69, 9.17) is 0 Å². The normalized spacial score (nSPS) is 13.5. The van der Waals surface area contributed by atoms with E-state index in [0.717, 1.165) is 12.1 Å². The van der Waals surface area contributed by atoms with Crippen LogP contribution in [0.15, 0.2) is 128 Å². The molecule has 27 heteroatoms. The van der Waals surface area contributed by atoms with Gasteiger partial charge >= 0.3 is 49.4 Å². The van der Waals surface area contributed by atoms with Gasteiger partial charge in [0.05, 0.1) is 44.5 Å². The number of alkyl halides is 24. The molecule has 2 nitrogen and oxygen atoms in total. The molecule has 1 aromatic heterocycles. The van der Waals surface area contributed by atoms with E-state index in [1.54, 1.807) is 12.1 Å². The van der Waals surface area contributed by atoms with E-state index in [1.165, 1.54) is 0 Å². The third-order valence-corrected chi connectivity index (χ3v) is 10.5. The van der Waals surface area contributed by atoms with Crippen LogP contribution in [0, 0.1) is 0 Å². The van der Waals surface area contributed by atoms with Crippen molar-refractivity contribution in [2.24, 2.45) is 0 Å². The molecule has 0 radical (unpaired) electrons.